The molecule has 0 aliphatic carbocycles. The van der Waals surface area contributed by atoms with Crippen molar-refractivity contribution >= 4 is 11.6 Å². The van der Waals surface area contributed by atoms with Crippen molar-refractivity contribution in [1.29, 1.82) is 0 Å². The first-order chi connectivity index (χ1) is 15.2. The van der Waals surface area contributed by atoms with Crippen LogP contribution in [0.2, 0.25) is 0 Å². The predicted molar refractivity (Wildman–Crippen MR) is 116 cm³/mol. The van der Waals surface area contributed by atoms with Gasteiger partial charge in [-0.25, -0.2) is 9.37 Å². The van der Waals surface area contributed by atoms with Gasteiger partial charge in [0, 0.05) is 22.4 Å². The standard InChI is InChI=1S/C25H17FN2O3/c26-19-10-7-16(8-11-19)21-5-2-6-22(28-21)17-3-1-4-20(13-17)27-25(29)18-9-12-23-24(14-18)31-15-30-23/h1-14H,15H2,(H,27,29). The van der Waals surface area contributed by atoms with Gasteiger partial charge in [-0.15, -0.1) is 0 Å². The second-order valence-corrected chi connectivity index (χ2v) is 7.02. The Balaban J connectivity index is 1.38. The lowest BCUT2D eigenvalue weighted by Gasteiger charge is -2.09. The van der Waals surface area contributed by atoms with E-state index in [1.54, 1.807) is 30.3 Å². The van der Waals surface area contributed by atoms with Crippen LogP contribution < -0.4 is 14.8 Å². The molecule has 0 radical (unpaired) electrons. The zero-order valence-corrected chi connectivity index (χ0v) is 16.3. The van der Waals surface area contributed by atoms with Gasteiger partial charge in [-0.1, -0.05) is 18.2 Å². The zero-order chi connectivity index (χ0) is 21.2. The Hall–Kier alpha value is -4.19. The molecule has 0 bridgehead atoms. The first kappa shape index (κ1) is 18.8. The Morgan fingerprint density at radius 1 is 0.806 bits per heavy atom. The van der Waals surface area contributed by atoms with Crippen LogP contribution in [0.4, 0.5) is 10.1 Å². The van der Waals surface area contributed by atoms with Crippen molar-refractivity contribution in [3.05, 3.63) is 96.3 Å². The van der Waals surface area contributed by atoms with Crippen LogP contribution in [0.15, 0.2) is 84.9 Å². The van der Waals surface area contributed by atoms with Gasteiger partial charge >= 0.3 is 0 Å². The van der Waals surface area contributed by atoms with E-state index in [0.717, 1.165) is 22.5 Å². The monoisotopic (exact) mass is 412 g/mol. The van der Waals surface area contributed by atoms with Gasteiger partial charge in [0.1, 0.15) is 5.82 Å². The van der Waals surface area contributed by atoms with Crippen LogP contribution in [0.5, 0.6) is 11.5 Å². The fraction of sp³-hybridized carbons (Fsp3) is 0.0400. The Labute approximate surface area is 178 Å². The van der Waals surface area contributed by atoms with E-state index in [1.807, 2.05) is 42.5 Å². The largest absolute Gasteiger partial charge is 0.454 e. The van der Waals surface area contributed by atoms with E-state index in [9.17, 15) is 9.18 Å². The molecule has 31 heavy (non-hydrogen) atoms. The third-order valence-electron chi connectivity index (χ3n) is 4.94. The normalized spacial score (nSPS) is 11.9. The van der Waals surface area contributed by atoms with Crippen LogP contribution in [-0.2, 0) is 0 Å². The highest BCUT2D eigenvalue weighted by Crippen LogP contribution is 2.33. The number of benzene rings is 3. The maximum atomic E-state index is 13.2. The molecule has 0 fully saturated rings. The van der Waals surface area contributed by atoms with E-state index < -0.39 is 0 Å². The lowest BCUT2D eigenvalue weighted by molar-refractivity contribution is 0.102. The summed E-state index contributed by atoms with van der Waals surface area (Å²) >= 11 is 0. The van der Waals surface area contributed by atoms with E-state index in [2.05, 4.69) is 5.32 Å². The summed E-state index contributed by atoms with van der Waals surface area (Å²) in [4.78, 5) is 17.4. The topological polar surface area (TPSA) is 60.5 Å². The molecule has 3 aromatic carbocycles. The molecule has 2 heterocycles. The summed E-state index contributed by atoms with van der Waals surface area (Å²) in [6, 6.07) is 24.4. The molecule has 0 saturated heterocycles. The summed E-state index contributed by atoms with van der Waals surface area (Å²) in [5, 5.41) is 2.91. The zero-order valence-electron chi connectivity index (χ0n) is 16.3. The molecule has 1 aliphatic heterocycles. The molecule has 5 rings (SSSR count). The molecular formula is C25H17FN2O3. The molecule has 4 aromatic rings. The number of halogens is 1. The fourth-order valence-corrected chi connectivity index (χ4v) is 3.37. The minimum Gasteiger partial charge on any atom is -0.454 e. The third kappa shape index (κ3) is 3.96. The number of fused-ring (bicyclic) bond motifs is 1. The van der Waals surface area contributed by atoms with Crippen molar-refractivity contribution in [2.45, 2.75) is 0 Å². The van der Waals surface area contributed by atoms with E-state index in [4.69, 9.17) is 14.5 Å². The number of aromatic nitrogens is 1. The summed E-state index contributed by atoms with van der Waals surface area (Å²) in [7, 11) is 0. The number of hydrogen-bond acceptors (Lipinski definition) is 4. The minimum atomic E-state index is -0.286. The summed E-state index contributed by atoms with van der Waals surface area (Å²) in [6.07, 6.45) is 0. The number of pyridine rings is 1. The quantitative estimate of drug-likeness (QED) is 0.478. The van der Waals surface area contributed by atoms with E-state index in [0.29, 0.717) is 22.7 Å². The van der Waals surface area contributed by atoms with Crippen molar-refractivity contribution in [1.82, 2.24) is 4.98 Å². The van der Waals surface area contributed by atoms with Gasteiger partial charge in [-0.3, -0.25) is 4.79 Å². The predicted octanol–water partition coefficient (Wildman–Crippen LogP) is 5.54. The van der Waals surface area contributed by atoms with Crippen molar-refractivity contribution in [2.75, 3.05) is 12.1 Å². The molecular weight excluding hydrogens is 395 g/mol. The number of carbonyl (C=O) groups excluding carboxylic acids is 1. The maximum absolute atomic E-state index is 13.2. The highest BCUT2D eigenvalue weighted by Gasteiger charge is 2.16. The first-order valence-corrected chi connectivity index (χ1v) is 9.70. The Kier molecular flexibility index (Phi) is 4.80. The lowest BCUT2D eigenvalue weighted by atomic mass is 10.1. The molecule has 1 aromatic heterocycles. The summed E-state index contributed by atoms with van der Waals surface area (Å²) in [5.41, 5.74) is 4.30. The van der Waals surface area contributed by atoms with E-state index in [1.165, 1.54) is 12.1 Å². The molecule has 152 valence electrons. The number of ether oxygens (including phenoxy) is 2. The van der Waals surface area contributed by atoms with Crippen molar-refractivity contribution < 1.29 is 18.7 Å². The second kappa shape index (κ2) is 7.91. The molecule has 0 saturated carbocycles. The average Bonchev–Trinajstić information content (AvgIpc) is 3.28. The number of anilines is 1. The SMILES string of the molecule is O=C(Nc1cccc(-c2cccc(-c3ccc(F)cc3)n2)c1)c1ccc2c(c1)OCO2. The smallest absolute Gasteiger partial charge is 0.255 e. The molecule has 5 nitrogen and oxygen atoms in total. The number of rotatable bonds is 4. The van der Waals surface area contributed by atoms with Crippen LogP contribution in [0.25, 0.3) is 22.5 Å². The fourth-order valence-electron chi connectivity index (χ4n) is 3.37. The van der Waals surface area contributed by atoms with Gasteiger partial charge in [0.15, 0.2) is 11.5 Å². The summed E-state index contributed by atoms with van der Waals surface area (Å²) in [6.45, 7) is 0.159. The molecule has 1 N–H and O–H groups in total. The number of carbonyl (C=O) groups is 1. The average molecular weight is 412 g/mol. The van der Waals surface area contributed by atoms with Gasteiger partial charge in [0.2, 0.25) is 6.79 Å². The van der Waals surface area contributed by atoms with Crippen LogP contribution in [0, 0.1) is 5.82 Å². The second-order valence-electron chi connectivity index (χ2n) is 7.02. The molecule has 1 aliphatic rings. The Bertz CT molecular complexity index is 1270. The molecule has 0 atom stereocenters. The van der Waals surface area contributed by atoms with Gasteiger partial charge in [0.25, 0.3) is 5.91 Å². The Morgan fingerprint density at radius 2 is 1.55 bits per heavy atom. The number of nitrogens with one attached hydrogen (secondary N) is 1. The van der Waals surface area contributed by atoms with Crippen molar-refractivity contribution in [2.24, 2.45) is 0 Å². The number of nitrogens with zero attached hydrogens (tertiary/aromatic N) is 1. The van der Waals surface area contributed by atoms with Gasteiger partial charge in [-0.2, -0.15) is 0 Å². The van der Waals surface area contributed by atoms with Gasteiger partial charge in [0.05, 0.1) is 11.4 Å². The Morgan fingerprint density at radius 3 is 2.39 bits per heavy atom. The highest BCUT2D eigenvalue weighted by molar-refractivity contribution is 6.05. The molecule has 1 amide bonds. The van der Waals surface area contributed by atoms with E-state index >= 15 is 0 Å². The van der Waals surface area contributed by atoms with Crippen molar-refractivity contribution in [3.63, 3.8) is 0 Å². The maximum Gasteiger partial charge on any atom is 0.255 e. The number of amides is 1. The lowest BCUT2D eigenvalue weighted by Crippen LogP contribution is -2.11. The van der Waals surface area contributed by atoms with Crippen molar-refractivity contribution in [3.8, 4) is 34.0 Å². The van der Waals surface area contributed by atoms with Crippen LogP contribution in [0.1, 0.15) is 10.4 Å². The first-order valence-electron chi connectivity index (χ1n) is 9.70. The van der Waals surface area contributed by atoms with Crippen LogP contribution >= 0.6 is 0 Å². The molecule has 6 heteroatoms. The van der Waals surface area contributed by atoms with Crippen LogP contribution in [0.3, 0.4) is 0 Å². The molecule has 0 spiro atoms. The third-order valence-corrected chi connectivity index (χ3v) is 4.94. The van der Waals surface area contributed by atoms with Gasteiger partial charge in [-0.05, 0) is 66.7 Å². The molecule has 0 unspecified atom stereocenters. The van der Waals surface area contributed by atoms with Crippen LogP contribution in [-0.4, -0.2) is 17.7 Å². The summed E-state index contributed by atoms with van der Waals surface area (Å²) < 4.78 is 23.8. The summed E-state index contributed by atoms with van der Waals surface area (Å²) in [5.74, 6) is 0.656. The number of hydrogen-bond donors (Lipinski definition) is 1. The highest BCUT2D eigenvalue weighted by atomic mass is 19.1. The minimum absolute atomic E-state index is 0.159. The van der Waals surface area contributed by atoms with Gasteiger partial charge < -0.3 is 14.8 Å². The van der Waals surface area contributed by atoms with E-state index in [-0.39, 0.29) is 18.5 Å².